The van der Waals surface area contributed by atoms with E-state index in [1.165, 1.54) is 54.6 Å². The average molecular weight is 1080 g/mol. The third-order valence-electron chi connectivity index (χ3n) is 17.9. The van der Waals surface area contributed by atoms with Gasteiger partial charge in [-0.1, -0.05) is 214 Å². The Labute approximate surface area is 486 Å². The lowest BCUT2D eigenvalue weighted by Crippen LogP contribution is -2.35. The summed E-state index contributed by atoms with van der Waals surface area (Å²) in [6, 6.07) is 94.5. The Morgan fingerprint density at radius 1 is 0.393 bits per heavy atom. The number of aromatic nitrogens is 3. The third kappa shape index (κ3) is 7.45. The molecule has 398 valence electrons. The first-order valence-electron chi connectivity index (χ1n) is 29.0. The number of benzene rings is 11. The van der Waals surface area contributed by atoms with Crippen molar-refractivity contribution in [3.05, 3.63) is 306 Å². The van der Waals surface area contributed by atoms with Gasteiger partial charge in [0.25, 0.3) is 0 Å². The summed E-state index contributed by atoms with van der Waals surface area (Å²) in [4.78, 5) is 11.0. The van der Waals surface area contributed by atoms with Crippen molar-refractivity contribution in [2.75, 3.05) is 0 Å². The van der Waals surface area contributed by atoms with E-state index in [4.69, 9.17) is 9.98 Å². The van der Waals surface area contributed by atoms with Crippen molar-refractivity contribution in [1.29, 1.82) is 0 Å². The molecule has 0 saturated heterocycles. The largest absolute Gasteiger partial charge is 0.346 e. The molecule has 7 heteroatoms. The predicted octanol–water partition coefficient (Wildman–Crippen LogP) is 18.2. The quantitative estimate of drug-likeness (QED) is 0.167. The summed E-state index contributed by atoms with van der Waals surface area (Å²) in [6.45, 7) is 4.71. The molecule has 84 heavy (non-hydrogen) atoms. The Bertz CT molecular complexity index is 5150. The minimum absolute atomic E-state index is 0.158. The normalized spacial score (nSPS) is 16.3. The van der Waals surface area contributed by atoms with Gasteiger partial charge in [0.1, 0.15) is 0 Å². The summed E-state index contributed by atoms with van der Waals surface area (Å²) < 4.78 is 7.21. The second-order valence-corrected chi connectivity index (χ2v) is 23.0. The van der Waals surface area contributed by atoms with Crippen LogP contribution in [-0.4, -0.2) is 25.4 Å². The zero-order chi connectivity index (χ0) is 55.6. The molecule has 14 aromatic rings. The molecule has 2 N–H and O–H groups in total. The van der Waals surface area contributed by atoms with Crippen molar-refractivity contribution in [3.8, 4) is 27.9 Å². The van der Waals surface area contributed by atoms with Crippen LogP contribution in [0.5, 0.6) is 0 Å². The number of allylic oxidation sites excluding steroid dienone is 1. The topological polar surface area (TPSA) is 63.6 Å². The van der Waals surface area contributed by atoms with Gasteiger partial charge in [-0.25, -0.2) is 9.98 Å². The minimum atomic E-state index is -0.422. The van der Waals surface area contributed by atoms with Gasteiger partial charge in [-0.3, -0.25) is 4.57 Å². The molecule has 5 heterocycles. The van der Waals surface area contributed by atoms with E-state index in [9.17, 15) is 0 Å². The molecule has 7 nitrogen and oxygen atoms in total. The SMILES string of the molecule is CC1(C)c2ccccc2-c2cc3c4ccccc4n(C4=NC(c5ccccc5)=CC(c5cccc(-c6ccc7c8cc9c(cc8n(-c8ccccc8)c7c6)c6ccccc6n9C6N=C(c7ccccc7)C=C(c7ccccc7)N6)c5)N4)c3cc21. The van der Waals surface area contributed by atoms with Crippen LogP contribution in [0.1, 0.15) is 59.6 Å². The maximum atomic E-state index is 5.52. The van der Waals surface area contributed by atoms with E-state index in [2.05, 4.69) is 311 Å². The van der Waals surface area contributed by atoms with Crippen LogP contribution in [0.2, 0.25) is 0 Å². The Morgan fingerprint density at radius 2 is 0.976 bits per heavy atom. The third-order valence-corrected chi connectivity index (χ3v) is 17.9. The first kappa shape index (κ1) is 48.0. The van der Waals surface area contributed by atoms with Gasteiger partial charge in [0.15, 0.2) is 0 Å². The summed E-state index contributed by atoms with van der Waals surface area (Å²) in [5.74, 6) is 0.795. The Balaban J connectivity index is 0.803. The molecule has 1 aliphatic carbocycles. The van der Waals surface area contributed by atoms with E-state index in [1.54, 1.807) is 0 Å². The fraction of sp³-hybridized carbons (Fsp3) is 0.0649. The lowest BCUT2D eigenvalue weighted by atomic mass is 9.82. The molecule has 2 aliphatic heterocycles. The van der Waals surface area contributed by atoms with E-state index < -0.39 is 6.29 Å². The second-order valence-electron chi connectivity index (χ2n) is 23.0. The van der Waals surface area contributed by atoms with Crippen molar-refractivity contribution < 1.29 is 0 Å². The van der Waals surface area contributed by atoms with E-state index in [-0.39, 0.29) is 11.5 Å². The number of aliphatic imine (C=N–C) groups is 2. The van der Waals surface area contributed by atoms with Crippen LogP contribution in [0.4, 0.5) is 0 Å². The van der Waals surface area contributed by atoms with Gasteiger partial charge in [-0.15, -0.1) is 0 Å². The van der Waals surface area contributed by atoms with Gasteiger partial charge in [0.05, 0.1) is 50.6 Å². The highest BCUT2D eigenvalue weighted by atomic mass is 15.3. The summed E-state index contributed by atoms with van der Waals surface area (Å²) in [5, 5.41) is 15.0. The number of fused-ring (bicyclic) bond motifs is 12. The van der Waals surface area contributed by atoms with Crippen LogP contribution < -0.4 is 10.6 Å². The minimum Gasteiger partial charge on any atom is -0.346 e. The number of para-hydroxylation sites is 3. The Hall–Kier alpha value is -10.8. The van der Waals surface area contributed by atoms with Crippen molar-refractivity contribution in [1.82, 2.24) is 24.3 Å². The summed E-state index contributed by atoms with van der Waals surface area (Å²) >= 11 is 0. The summed E-state index contributed by atoms with van der Waals surface area (Å²) in [5.41, 5.74) is 22.6. The van der Waals surface area contributed by atoms with E-state index >= 15 is 0 Å². The van der Waals surface area contributed by atoms with Crippen LogP contribution >= 0.6 is 0 Å². The molecule has 11 aromatic carbocycles. The highest BCUT2D eigenvalue weighted by Gasteiger charge is 2.37. The smallest absolute Gasteiger partial charge is 0.209 e. The lowest BCUT2D eigenvalue weighted by Gasteiger charge is -2.27. The molecular weight excluding hydrogens is 1020 g/mol. The molecule has 0 fully saturated rings. The number of hydrogen-bond acceptors (Lipinski definition) is 4. The molecule has 0 bridgehead atoms. The monoisotopic (exact) mass is 1080 g/mol. The van der Waals surface area contributed by atoms with Gasteiger partial charge in [-0.2, -0.15) is 0 Å². The zero-order valence-electron chi connectivity index (χ0n) is 46.4. The van der Waals surface area contributed by atoms with Crippen LogP contribution in [0, 0.1) is 0 Å². The number of rotatable bonds is 7. The van der Waals surface area contributed by atoms with E-state index in [0.717, 1.165) is 95.2 Å². The van der Waals surface area contributed by atoms with Crippen molar-refractivity contribution in [2.24, 2.45) is 9.98 Å². The van der Waals surface area contributed by atoms with Gasteiger partial charge in [0.2, 0.25) is 12.2 Å². The van der Waals surface area contributed by atoms with Gasteiger partial charge in [0, 0.05) is 54.7 Å². The molecule has 3 aliphatic rings. The molecule has 2 unspecified atom stereocenters. The number of hydrogen-bond donors (Lipinski definition) is 2. The molecule has 0 amide bonds. The van der Waals surface area contributed by atoms with E-state index in [1.807, 2.05) is 0 Å². The standard InChI is InChI=1S/C77H55N7/c1-77(2)63-35-18-15-32-55(63)59-42-60-56-33-16-19-36-69(56)84(74(60)45-64(59)77)76-80-67(50-26-11-5-12-27-50)47-68(81-76)53-29-21-28-51(40-53)52-38-39-58-62-44-73-61(43-72(62)82(71(58)41-52)54-30-13-6-14-31-54)57-34-17-20-37-70(57)83(73)75-78-65(48-22-7-3-8-23-48)46-66(79-75)49-24-9-4-10-25-49/h3-47,68,75,78H,1-2H3,(H,80,81). The van der Waals surface area contributed by atoms with Crippen LogP contribution in [0.15, 0.2) is 283 Å². The first-order chi connectivity index (χ1) is 41.4. The Morgan fingerprint density at radius 3 is 1.76 bits per heavy atom. The fourth-order valence-corrected chi connectivity index (χ4v) is 13.9. The lowest BCUT2D eigenvalue weighted by molar-refractivity contribution is 0.508. The number of nitrogens with one attached hydrogen (secondary N) is 2. The van der Waals surface area contributed by atoms with Crippen LogP contribution in [-0.2, 0) is 5.41 Å². The van der Waals surface area contributed by atoms with Crippen LogP contribution in [0.25, 0.3) is 105 Å². The molecular formula is C77H55N7. The second kappa shape index (κ2) is 18.6. The van der Waals surface area contributed by atoms with Gasteiger partial charge < -0.3 is 19.8 Å². The highest BCUT2D eigenvalue weighted by Crippen LogP contribution is 2.51. The van der Waals surface area contributed by atoms with Crippen molar-refractivity contribution >= 4 is 88.5 Å². The average Bonchev–Trinajstić information content (AvgIpc) is 1.82. The maximum Gasteiger partial charge on any atom is 0.209 e. The van der Waals surface area contributed by atoms with Gasteiger partial charge in [-0.05, 0) is 123 Å². The molecule has 0 spiro atoms. The fourth-order valence-electron chi connectivity index (χ4n) is 13.9. The summed E-state index contributed by atoms with van der Waals surface area (Å²) in [6.07, 6.45) is 4.05. The van der Waals surface area contributed by atoms with Crippen molar-refractivity contribution in [2.45, 2.75) is 31.6 Å². The van der Waals surface area contributed by atoms with Gasteiger partial charge >= 0.3 is 0 Å². The maximum absolute atomic E-state index is 5.52. The summed E-state index contributed by atoms with van der Waals surface area (Å²) in [7, 11) is 0. The highest BCUT2D eigenvalue weighted by molar-refractivity contribution is 6.20. The molecule has 3 aromatic heterocycles. The molecule has 0 radical (unpaired) electrons. The number of nitrogens with zero attached hydrogens (tertiary/aromatic N) is 5. The van der Waals surface area contributed by atoms with E-state index in [0.29, 0.717) is 0 Å². The Kier molecular flexibility index (Phi) is 10.7. The molecule has 2 atom stereocenters. The molecule has 0 saturated carbocycles. The zero-order valence-corrected chi connectivity index (χ0v) is 46.4. The van der Waals surface area contributed by atoms with Crippen molar-refractivity contribution in [3.63, 3.8) is 0 Å². The van der Waals surface area contributed by atoms with Crippen LogP contribution in [0.3, 0.4) is 0 Å². The predicted molar refractivity (Wildman–Crippen MR) is 349 cm³/mol. The first-order valence-corrected chi connectivity index (χ1v) is 29.0. The molecule has 17 rings (SSSR count).